The fourth-order valence-corrected chi connectivity index (χ4v) is 5.31. The Balaban J connectivity index is 1.56. The van der Waals surface area contributed by atoms with Crippen molar-refractivity contribution in [3.05, 3.63) is 59.9 Å². The lowest BCUT2D eigenvalue weighted by molar-refractivity contribution is -0.130. The van der Waals surface area contributed by atoms with Gasteiger partial charge in [0, 0.05) is 19.5 Å². The molecule has 2 aromatic carbocycles. The summed E-state index contributed by atoms with van der Waals surface area (Å²) in [5.74, 6) is 0.789. The van der Waals surface area contributed by atoms with Crippen LogP contribution in [0.1, 0.15) is 39.2 Å². The molecule has 0 aliphatic carbocycles. The van der Waals surface area contributed by atoms with Crippen LogP contribution in [0.2, 0.25) is 0 Å². The molecule has 162 valence electrons. The van der Waals surface area contributed by atoms with Crippen molar-refractivity contribution in [2.45, 2.75) is 50.0 Å². The first-order chi connectivity index (χ1) is 14.1. The van der Waals surface area contributed by atoms with Gasteiger partial charge in [-0.3, -0.25) is 4.79 Å². The van der Waals surface area contributed by atoms with Gasteiger partial charge in [-0.15, -0.1) is 0 Å². The summed E-state index contributed by atoms with van der Waals surface area (Å²) in [7, 11) is -3.28. The Hall–Kier alpha value is -2.41. The molecule has 1 fully saturated rings. The topological polar surface area (TPSA) is 63.7 Å². The number of ether oxygens (including phenoxy) is 1. The molecule has 0 unspecified atom stereocenters. The Bertz CT molecular complexity index is 997. The van der Waals surface area contributed by atoms with Gasteiger partial charge in [-0.2, -0.15) is 0 Å². The number of carbonyl (C=O) groups excluding carboxylic acids is 1. The lowest BCUT2D eigenvalue weighted by atomic mass is 10.1. The van der Waals surface area contributed by atoms with Gasteiger partial charge in [-0.25, -0.2) is 12.8 Å². The van der Waals surface area contributed by atoms with Gasteiger partial charge < -0.3 is 9.64 Å². The summed E-state index contributed by atoms with van der Waals surface area (Å²) in [6.45, 7) is 5.86. The van der Waals surface area contributed by atoms with Crippen LogP contribution in [0.3, 0.4) is 0 Å². The highest BCUT2D eigenvalue weighted by Gasteiger charge is 2.41. The molecular weight excluding hydrogens is 405 g/mol. The highest BCUT2D eigenvalue weighted by atomic mass is 32.2. The van der Waals surface area contributed by atoms with Crippen LogP contribution in [0.15, 0.2) is 48.5 Å². The van der Waals surface area contributed by atoms with Crippen LogP contribution in [0.4, 0.5) is 4.39 Å². The van der Waals surface area contributed by atoms with Crippen LogP contribution in [-0.2, 0) is 21.1 Å². The molecule has 30 heavy (non-hydrogen) atoms. The van der Waals surface area contributed by atoms with Gasteiger partial charge in [0.1, 0.15) is 17.3 Å². The summed E-state index contributed by atoms with van der Waals surface area (Å²) in [4.78, 5) is 14.3. The van der Waals surface area contributed by atoms with Crippen LogP contribution >= 0.6 is 0 Å². The zero-order chi connectivity index (χ0) is 21.9. The minimum Gasteiger partial charge on any atom is -0.457 e. The monoisotopic (exact) mass is 433 g/mol. The minimum absolute atomic E-state index is 0.0357. The van der Waals surface area contributed by atoms with Crippen LogP contribution in [0.5, 0.6) is 11.5 Å². The Morgan fingerprint density at radius 1 is 1.13 bits per heavy atom. The Morgan fingerprint density at radius 2 is 1.83 bits per heavy atom. The number of rotatable bonds is 6. The van der Waals surface area contributed by atoms with E-state index in [0.717, 1.165) is 5.56 Å². The van der Waals surface area contributed by atoms with E-state index in [1.165, 1.54) is 12.1 Å². The quantitative estimate of drug-likeness (QED) is 0.679. The Morgan fingerprint density at radius 3 is 2.50 bits per heavy atom. The number of nitrogens with zero attached hydrogens (tertiary/aromatic N) is 1. The number of aryl methyl sites for hydroxylation is 1. The smallest absolute Gasteiger partial charge is 0.222 e. The zero-order valence-corrected chi connectivity index (χ0v) is 18.4. The van der Waals surface area contributed by atoms with Gasteiger partial charge in [0.05, 0.1) is 10.00 Å². The maximum atomic E-state index is 13.0. The maximum absolute atomic E-state index is 13.0. The van der Waals surface area contributed by atoms with Gasteiger partial charge in [-0.05, 0) is 75.6 Å². The van der Waals surface area contributed by atoms with Crippen molar-refractivity contribution in [1.29, 1.82) is 0 Å². The van der Waals surface area contributed by atoms with Gasteiger partial charge >= 0.3 is 0 Å². The number of hydrogen-bond acceptors (Lipinski definition) is 4. The first-order valence-electron chi connectivity index (χ1n) is 10.1. The van der Waals surface area contributed by atoms with E-state index in [4.69, 9.17) is 4.74 Å². The minimum atomic E-state index is -3.28. The fraction of sp³-hybridized carbons (Fsp3) is 0.435. The normalized spacial score (nSPS) is 17.2. The molecule has 0 N–H and O–H groups in total. The average Bonchev–Trinajstić information content (AvgIpc) is 3.18. The second-order valence-electron chi connectivity index (χ2n) is 8.61. The SMILES string of the molecule is CC(C)(C)S(=O)(=O)[C@@H]1CCN(C(=O)CCc2cccc(Oc3ccc(F)cc3)c2)C1. The van der Waals surface area contributed by atoms with Crippen molar-refractivity contribution in [1.82, 2.24) is 4.90 Å². The number of likely N-dealkylation sites (tertiary alicyclic amines) is 1. The molecule has 5 nitrogen and oxygen atoms in total. The number of amides is 1. The molecule has 0 saturated carbocycles. The summed E-state index contributed by atoms with van der Waals surface area (Å²) in [5.41, 5.74) is 0.945. The number of carbonyl (C=O) groups is 1. The molecule has 1 aliphatic rings. The second-order valence-corrected chi connectivity index (χ2v) is 11.6. The molecule has 1 amide bonds. The van der Waals surface area contributed by atoms with E-state index >= 15 is 0 Å². The van der Waals surface area contributed by atoms with Crippen LogP contribution in [0.25, 0.3) is 0 Å². The van der Waals surface area contributed by atoms with E-state index in [1.54, 1.807) is 43.9 Å². The van der Waals surface area contributed by atoms with E-state index < -0.39 is 19.8 Å². The van der Waals surface area contributed by atoms with Crippen molar-refractivity contribution >= 4 is 15.7 Å². The third kappa shape index (κ3) is 5.19. The molecule has 0 spiro atoms. The molecule has 1 aliphatic heterocycles. The van der Waals surface area contributed by atoms with E-state index in [2.05, 4.69) is 0 Å². The van der Waals surface area contributed by atoms with Crippen molar-refractivity contribution < 1.29 is 22.3 Å². The first-order valence-corrected chi connectivity index (χ1v) is 11.6. The van der Waals surface area contributed by atoms with E-state index in [9.17, 15) is 17.6 Å². The standard InChI is InChI=1S/C23H28FNO4S/c1-23(2,3)30(27,28)21-13-14-25(16-21)22(26)12-7-17-5-4-6-20(15-17)29-19-10-8-18(24)9-11-19/h4-6,8-11,15,21H,7,12-14,16H2,1-3H3/t21-/m1/s1. The maximum Gasteiger partial charge on any atom is 0.222 e. The Kier molecular flexibility index (Phi) is 6.50. The number of benzene rings is 2. The zero-order valence-electron chi connectivity index (χ0n) is 17.6. The molecule has 0 bridgehead atoms. The highest BCUT2D eigenvalue weighted by molar-refractivity contribution is 7.93. The van der Waals surface area contributed by atoms with E-state index in [0.29, 0.717) is 37.3 Å². The fourth-order valence-electron chi connectivity index (χ4n) is 3.52. The summed E-state index contributed by atoms with van der Waals surface area (Å²) < 4.78 is 43.2. The third-order valence-corrected chi connectivity index (χ3v) is 8.33. The molecule has 7 heteroatoms. The van der Waals surface area contributed by atoms with Gasteiger partial charge in [0.15, 0.2) is 9.84 Å². The third-order valence-electron chi connectivity index (χ3n) is 5.37. The first kappa shape index (κ1) is 22.3. The predicted octanol–water partition coefficient (Wildman–Crippen LogP) is 4.36. The highest BCUT2D eigenvalue weighted by Crippen LogP contribution is 2.28. The number of hydrogen-bond donors (Lipinski definition) is 0. The van der Waals surface area contributed by atoms with Gasteiger partial charge in [0.2, 0.25) is 5.91 Å². The molecule has 1 saturated heterocycles. The molecule has 0 radical (unpaired) electrons. The Labute approximate surface area is 177 Å². The van der Waals surface area contributed by atoms with Crippen molar-refractivity contribution in [3.63, 3.8) is 0 Å². The molecule has 2 aromatic rings. The molecular formula is C23H28FNO4S. The molecule has 3 rings (SSSR count). The van der Waals surface area contributed by atoms with Gasteiger partial charge in [0.25, 0.3) is 0 Å². The lowest BCUT2D eigenvalue weighted by Gasteiger charge is -2.24. The van der Waals surface area contributed by atoms with Crippen LogP contribution < -0.4 is 4.74 Å². The average molecular weight is 434 g/mol. The molecule has 0 aromatic heterocycles. The second kappa shape index (κ2) is 8.76. The van der Waals surface area contributed by atoms with Crippen LogP contribution in [-0.4, -0.2) is 42.3 Å². The summed E-state index contributed by atoms with van der Waals surface area (Å²) in [6.07, 6.45) is 1.33. The van der Waals surface area contributed by atoms with Gasteiger partial charge in [-0.1, -0.05) is 12.1 Å². The largest absolute Gasteiger partial charge is 0.457 e. The summed E-state index contributed by atoms with van der Waals surface area (Å²) in [6, 6.07) is 13.2. The predicted molar refractivity (Wildman–Crippen MR) is 115 cm³/mol. The van der Waals surface area contributed by atoms with Crippen molar-refractivity contribution in [3.8, 4) is 11.5 Å². The number of sulfone groups is 1. The summed E-state index contributed by atoms with van der Waals surface area (Å²) >= 11 is 0. The van der Waals surface area contributed by atoms with Crippen molar-refractivity contribution in [2.24, 2.45) is 0 Å². The van der Waals surface area contributed by atoms with E-state index in [-0.39, 0.29) is 18.3 Å². The molecule has 1 atom stereocenters. The lowest BCUT2D eigenvalue weighted by Crippen LogP contribution is -2.39. The number of halogens is 1. The van der Waals surface area contributed by atoms with Crippen LogP contribution in [0, 0.1) is 5.82 Å². The van der Waals surface area contributed by atoms with E-state index in [1.807, 2.05) is 18.2 Å². The molecule has 1 heterocycles. The summed E-state index contributed by atoms with van der Waals surface area (Å²) in [5, 5.41) is -0.492. The van der Waals surface area contributed by atoms with Crippen molar-refractivity contribution in [2.75, 3.05) is 13.1 Å².